The van der Waals surface area contributed by atoms with Crippen LogP contribution in [0.5, 0.6) is 0 Å². The van der Waals surface area contributed by atoms with Gasteiger partial charge in [-0.2, -0.15) is 0 Å². The molecular formula is C11H23N3O. The Bertz CT molecular complexity index is 186. The van der Waals surface area contributed by atoms with E-state index in [0.717, 1.165) is 39.1 Å². The molecule has 2 N–H and O–H groups in total. The molecule has 1 rings (SSSR count). The van der Waals surface area contributed by atoms with Crippen LogP contribution in [0.25, 0.3) is 0 Å². The monoisotopic (exact) mass is 213 g/mol. The lowest BCUT2D eigenvalue weighted by atomic mass is 10.3. The predicted octanol–water partition coefficient (Wildman–Crippen LogP) is 0.196. The number of nitrogens with zero attached hydrogens (tertiary/aromatic N) is 1. The topological polar surface area (TPSA) is 44.4 Å². The first-order chi connectivity index (χ1) is 7.20. The molecule has 0 radical (unpaired) electrons. The molecule has 1 heterocycles. The molecule has 0 aromatic rings. The predicted molar refractivity (Wildman–Crippen MR) is 61.8 cm³/mol. The zero-order chi connectivity index (χ0) is 11.1. The van der Waals surface area contributed by atoms with Crippen molar-refractivity contribution in [1.82, 2.24) is 15.5 Å². The minimum absolute atomic E-state index is 0.284. The Labute approximate surface area is 92.4 Å². The molecule has 4 nitrogen and oxygen atoms in total. The highest BCUT2D eigenvalue weighted by atomic mass is 16.2. The highest BCUT2D eigenvalue weighted by Crippen LogP contribution is 1.98. The third kappa shape index (κ3) is 5.14. The van der Waals surface area contributed by atoms with E-state index < -0.39 is 0 Å². The van der Waals surface area contributed by atoms with Crippen LogP contribution in [-0.4, -0.2) is 49.6 Å². The molecule has 88 valence electrons. The Morgan fingerprint density at radius 1 is 1.40 bits per heavy atom. The van der Waals surface area contributed by atoms with Crippen molar-refractivity contribution >= 4 is 5.91 Å². The van der Waals surface area contributed by atoms with E-state index in [4.69, 9.17) is 0 Å². The number of carbonyl (C=O) groups is 1. The van der Waals surface area contributed by atoms with E-state index >= 15 is 0 Å². The number of amides is 1. The lowest BCUT2D eigenvalue weighted by Crippen LogP contribution is -2.36. The Kier molecular flexibility index (Phi) is 5.65. The summed E-state index contributed by atoms with van der Waals surface area (Å²) in [5.41, 5.74) is 0. The van der Waals surface area contributed by atoms with Crippen molar-refractivity contribution in [2.45, 2.75) is 32.7 Å². The molecule has 1 fully saturated rings. The lowest BCUT2D eigenvalue weighted by Gasteiger charge is -2.20. The molecule has 4 heteroatoms. The van der Waals surface area contributed by atoms with Crippen LogP contribution in [0.1, 0.15) is 26.7 Å². The second kappa shape index (κ2) is 6.80. The fourth-order valence-electron chi connectivity index (χ4n) is 1.72. The second-order valence-electron chi connectivity index (χ2n) is 4.34. The van der Waals surface area contributed by atoms with Crippen molar-refractivity contribution in [3.8, 4) is 0 Å². The Morgan fingerprint density at radius 3 is 2.93 bits per heavy atom. The van der Waals surface area contributed by atoms with E-state index in [0.29, 0.717) is 12.5 Å². The van der Waals surface area contributed by atoms with Gasteiger partial charge in [0, 0.05) is 38.6 Å². The first-order valence-corrected chi connectivity index (χ1v) is 5.92. The molecule has 0 unspecified atom stereocenters. The van der Waals surface area contributed by atoms with Gasteiger partial charge in [0.15, 0.2) is 0 Å². The summed E-state index contributed by atoms with van der Waals surface area (Å²) < 4.78 is 0. The number of rotatable bonds is 4. The van der Waals surface area contributed by atoms with Crippen LogP contribution in [0, 0.1) is 0 Å². The van der Waals surface area contributed by atoms with Gasteiger partial charge in [0.05, 0.1) is 0 Å². The molecule has 1 amide bonds. The zero-order valence-corrected chi connectivity index (χ0v) is 9.88. The van der Waals surface area contributed by atoms with Crippen LogP contribution in [0.15, 0.2) is 0 Å². The molecule has 1 aliphatic heterocycles. The quantitative estimate of drug-likeness (QED) is 0.701. The molecule has 0 aromatic heterocycles. The molecule has 0 aromatic carbocycles. The van der Waals surface area contributed by atoms with Gasteiger partial charge < -0.3 is 15.5 Å². The van der Waals surface area contributed by atoms with Crippen molar-refractivity contribution < 1.29 is 4.79 Å². The Morgan fingerprint density at radius 2 is 2.20 bits per heavy atom. The van der Waals surface area contributed by atoms with Crippen molar-refractivity contribution in [1.29, 1.82) is 0 Å². The third-order valence-electron chi connectivity index (χ3n) is 2.58. The maximum absolute atomic E-state index is 11.8. The van der Waals surface area contributed by atoms with Crippen LogP contribution in [-0.2, 0) is 4.79 Å². The largest absolute Gasteiger partial charge is 0.341 e. The summed E-state index contributed by atoms with van der Waals surface area (Å²) in [6.45, 7) is 8.73. The van der Waals surface area contributed by atoms with Crippen molar-refractivity contribution in [2.75, 3.05) is 32.7 Å². The smallest absolute Gasteiger partial charge is 0.223 e. The first-order valence-electron chi connectivity index (χ1n) is 5.92. The molecule has 0 atom stereocenters. The van der Waals surface area contributed by atoms with Gasteiger partial charge in [-0.3, -0.25) is 4.79 Å². The summed E-state index contributed by atoms with van der Waals surface area (Å²) in [5, 5.41) is 6.56. The standard InChI is InChI=1S/C11H23N3O/c1-10(2)13-6-4-11(15)14-8-3-5-12-7-9-14/h10,12-13H,3-9H2,1-2H3. The van der Waals surface area contributed by atoms with Gasteiger partial charge in [0.1, 0.15) is 0 Å². The van der Waals surface area contributed by atoms with Crippen LogP contribution < -0.4 is 10.6 Å². The van der Waals surface area contributed by atoms with Gasteiger partial charge in [-0.05, 0) is 13.0 Å². The lowest BCUT2D eigenvalue weighted by molar-refractivity contribution is -0.130. The molecule has 15 heavy (non-hydrogen) atoms. The summed E-state index contributed by atoms with van der Waals surface area (Å²) in [4.78, 5) is 13.8. The Balaban J connectivity index is 2.19. The number of nitrogens with one attached hydrogen (secondary N) is 2. The van der Waals surface area contributed by atoms with Crippen LogP contribution in [0.2, 0.25) is 0 Å². The fraction of sp³-hybridized carbons (Fsp3) is 0.909. The minimum atomic E-state index is 0.284. The van der Waals surface area contributed by atoms with Crippen LogP contribution in [0.3, 0.4) is 0 Å². The maximum atomic E-state index is 11.8. The fourth-order valence-corrected chi connectivity index (χ4v) is 1.72. The number of hydrogen-bond acceptors (Lipinski definition) is 3. The normalized spacial score (nSPS) is 17.9. The second-order valence-corrected chi connectivity index (χ2v) is 4.34. The number of carbonyl (C=O) groups excluding carboxylic acids is 1. The van der Waals surface area contributed by atoms with Gasteiger partial charge in [-0.25, -0.2) is 0 Å². The van der Waals surface area contributed by atoms with E-state index in [1.807, 2.05) is 4.90 Å². The Hall–Kier alpha value is -0.610. The van der Waals surface area contributed by atoms with Gasteiger partial charge in [-0.15, -0.1) is 0 Å². The summed E-state index contributed by atoms with van der Waals surface area (Å²) in [6.07, 6.45) is 1.70. The molecule has 0 bridgehead atoms. The molecule has 1 saturated heterocycles. The molecule has 0 aliphatic carbocycles. The van der Waals surface area contributed by atoms with Gasteiger partial charge in [0.2, 0.25) is 5.91 Å². The molecule has 0 spiro atoms. The highest BCUT2D eigenvalue weighted by molar-refractivity contribution is 5.76. The summed E-state index contributed by atoms with van der Waals surface area (Å²) >= 11 is 0. The SMILES string of the molecule is CC(C)NCCC(=O)N1CCCNCC1. The van der Waals surface area contributed by atoms with E-state index in [1.165, 1.54) is 0 Å². The average molecular weight is 213 g/mol. The third-order valence-corrected chi connectivity index (χ3v) is 2.58. The zero-order valence-electron chi connectivity index (χ0n) is 9.88. The van der Waals surface area contributed by atoms with Gasteiger partial charge in [0.25, 0.3) is 0 Å². The van der Waals surface area contributed by atoms with Crippen LogP contribution >= 0.6 is 0 Å². The van der Waals surface area contributed by atoms with Crippen LogP contribution in [0.4, 0.5) is 0 Å². The average Bonchev–Trinajstić information content (AvgIpc) is 2.44. The summed E-state index contributed by atoms with van der Waals surface area (Å²) in [7, 11) is 0. The van der Waals surface area contributed by atoms with Crippen molar-refractivity contribution in [2.24, 2.45) is 0 Å². The number of hydrogen-bond donors (Lipinski definition) is 2. The van der Waals surface area contributed by atoms with Gasteiger partial charge in [-0.1, -0.05) is 13.8 Å². The van der Waals surface area contributed by atoms with Crippen molar-refractivity contribution in [3.63, 3.8) is 0 Å². The van der Waals surface area contributed by atoms with E-state index in [9.17, 15) is 4.79 Å². The van der Waals surface area contributed by atoms with E-state index in [-0.39, 0.29) is 5.91 Å². The van der Waals surface area contributed by atoms with E-state index in [2.05, 4.69) is 24.5 Å². The maximum Gasteiger partial charge on any atom is 0.223 e. The molecule has 1 aliphatic rings. The molecule has 0 saturated carbocycles. The molecular weight excluding hydrogens is 190 g/mol. The highest BCUT2D eigenvalue weighted by Gasteiger charge is 2.14. The minimum Gasteiger partial charge on any atom is -0.341 e. The van der Waals surface area contributed by atoms with Crippen molar-refractivity contribution in [3.05, 3.63) is 0 Å². The van der Waals surface area contributed by atoms with E-state index in [1.54, 1.807) is 0 Å². The van der Waals surface area contributed by atoms with Gasteiger partial charge >= 0.3 is 0 Å². The first kappa shape index (κ1) is 12.5. The summed E-state index contributed by atoms with van der Waals surface area (Å²) in [6, 6.07) is 0.462. The summed E-state index contributed by atoms with van der Waals surface area (Å²) in [5.74, 6) is 0.284.